The molecule has 0 aliphatic heterocycles. The van der Waals surface area contributed by atoms with E-state index in [-0.39, 0.29) is 11.7 Å². The summed E-state index contributed by atoms with van der Waals surface area (Å²) in [4.78, 5) is 16.3. The van der Waals surface area contributed by atoms with E-state index in [2.05, 4.69) is 20.9 Å². The lowest BCUT2D eigenvalue weighted by Crippen LogP contribution is -2.36. The second-order valence-corrected chi connectivity index (χ2v) is 5.91. The molecule has 2 aromatic carbocycles. The van der Waals surface area contributed by atoms with Gasteiger partial charge in [-0.05, 0) is 48.7 Å². The molecule has 138 valence electrons. The van der Waals surface area contributed by atoms with Crippen molar-refractivity contribution in [1.29, 1.82) is 0 Å². The second kappa shape index (κ2) is 9.56. The summed E-state index contributed by atoms with van der Waals surface area (Å²) in [5, 5.41) is 9.04. The van der Waals surface area contributed by atoms with E-state index in [1.165, 1.54) is 6.07 Å². The average molecular weight is 356 g/mol. The van der Waals surface area contributed by atoms with Crippen molar-refractivity contribution in [3.63, 3.8) is 0 Å². The molecule has 6 heteroatoms. The van der Waals surface area contributed by atoms with Gasteiger partial charge in [0.05, 0.1) is 6.54 Å². The molecule has 5 nitrogen and oxygen atoms in total. The molecule has 0 saturated heterocycles. The zero-order chi connectivity index (χ0) is 18.9. The lowest BCUT2D eigenvalue weighted by atomic mass is 10.1. The van der Waals surface area contributed by atoms with Crippen molar-refractivity contribution in [2.75, 3.05) is 13.6 Å². The summed E-state index contributed by atoms with van der Waals surface area (Å²) in [6, 6.07) is 12.4. The van der Waals surface area contributed by atoms with Gasteiger partial charge in [-0.3, -0.25) is 4.79 Å². The Labute approximate surface area is 153 Å². The molecular formula is C20H25FN4O. The topological polar surface area (TPSA) is 65.5 Å². The molecule has 0 aromatic heterocycles. The minimum atomic E-state index is -0.203. The summed E-state index contributed by atoms with van der Waals surface area (Å²) in [5.41, 5.74) is 3.16. The van der Waals surface area contributed by atoms with Crippen LogP contribution >= 0.6 is 0 Å². The number of aliphatic imine (C=N–C) groups is 1. The van der Waals surface area contributed by atoms with Crippen molar-refractivity contribution in [3.05, 3.63) is 70.5 Å². The van der Waals surface area contributed by atoms with Crippen molar-refractivity contribution < 1.29 is 9.18 Å². The third-order valence-corrected chi connectivity index (χ3v) is 3.86. The Balaban J connectivity index is 2.04. The lowest BCUT2D eigenvalue weighted by Gasteiger charge is -2.12. The number of carbonyl (C=O) groups is 1. The largest absolute Gasteiger partial charge is 0.357 e. The molecule has 1 amide bonds. The summed E-state index contributed by atoms with van der Waals surface area (Å²) in [6.07, 6.45) is 0. The maximum absolute atomic E-state index is 13.4. The van der Waals surface area contributed by atoms with E-state index < -0.39 is 0 Å². The number of nitrogens with one attached hydrogen (secondary N) is 3. The van der Waals surface area contributed by atoms with Gasteiger partial charge in [0, 0.05) is 25.7 Å². The van der Waals surface area contributed by atoms with Crippen LogP contribution in [0.1, 0.15) is 34.0 Å². The Hall–Kier alpha value is -2.89. The highest BCUT2D eigenvalue weighted by molar-refractivity contribution is 5.94. The molecular weight excluding hydrogens is 331 g/mol. The van der Waals surface area contributed by atoms with Gasteiger partial charge in [-0.1, -0.05) is 24.3 Å². The molecule has 3 N–H and O–H groups in total. The zero-order valence-corrected chi connectivity index (χ0v) is 15.4. The van der Waals surface area contributed by atoms with Crippen LogP contribution in [0.5, 0.6) is 0 Å². The minimum absolute atomic E-state index is 0.118. The Kier molecular flexibility index (Phi) is 7.14. The van der Waals surface area contributed by atoms with E-state index >= 15 is 0 Å². The number of benzene rings is 2. The molecule has 0 bridgehead atoms. The monoisotopic (exact) mass is 356 g/mol. The molecule has 2 aromatic rings. The van der Waals surface area contributed by atoms with Gasteiger partial charge in [-0.25, -0.2) is 9.38 Å². The van der Waals surface area contributed by atoms with Gasteiger partial charge in [-0.15, -0.1) is 0 Å². The molecule has 26 heavy (non-hydrogen) atoms. The van der Waals surface area contributed by atoms with Crippen molar-refractivity contribution in [2.24, 2.45) is 4.99 Å². The van der Waals surface area contributed by atoms with Gasteiger partial charge in [0.25, 0.3) is 5.91 Å². The first-order chi connectivity index (χ1) is 12.5. The number of amides is 1. The van der Waals surface area contributed by atoms with E-state index in [9.17, 15) is 9.18 Å². The Morgan fingerprint density at radius 1 is 1.12 bits per heavy atom. The molecule has 0 heterocycles. The van der Waals surface area contributed by atoms with Crippen molar-refractivity contribution in [2.45, 2.75) is 26.9 Å². The number of carbonyl (C=O) groups excluding carboxylic acids is 1. The van der Waals surface area contributed by atoms with Crippen LogP contribution in [0.4, 0.5) is 4.39 Å². The van der Waals surface area contributed by atoms with E-state index in [1.807, 2.05) is 31.2 Å². The van der Waals surface area contributed by atoms with Crippen LogP contribution in [0.3, 0.4) is 0 Å². The smallest absolute Gasteiger partial charge is 0.251 e. The Morgan fingerprint density at radius 2 is 1.92 bits per heavy atom. The van der Waals surface area contributed by atoms with Crippen LogP contribution in [0.15, 0.2) is 47.5 Å². The van der Waals surface area contributed by atoms with Crippen LogP contribution in [0.2, 0.25) is 0 Å². The number of hydrogen-bond acceptors (Lipinski definition) is 2. The first kappa shape index (κ1) is 19.4. The molecule has 0 spiro atoms. The molecule has 2 rings (SSSR count). The summed E-state index contributed by atoms with van der Waals surface area (Å²) < 4.78 is 13.4. The molecule has 0 saturated carbocycles. The molecule has 0 aliphatic carbocycles. The van der Waals surface area contributed by atoms with Crippen LogP contribution in [0, 0.1) is 12.7 Å². The summed E-state index contributed by atoms with van der Waals surface area (Å²) in [5.74, 6) is 0.345. The normalized spacial score (nSPS) is 11.2. The summed E-state index contributed by atoms with van der Waals surface area (Å²) >= 11 is 0. The van der Waals surface area contributed by atoms with Crippen LogP contribution < -0.4 is 16.0 Å². The van der Waals surface area contributed by atoms with Gasteiger partial charge in [0.15, 0.2) is 5.96 Å². The van der Waals surface area contributed by atoms with Crippen molar-refractivity contribution >= 4 is 11.9 Å². The van der Waals surface area contributed by atoms with Crippen molar-refractivity contribution in [1.82, 2.24) is 16.0 Å². The number of aryl methyl sites for hydroxylation is 1. The highest BCUT2D eigenvalue weighted by Gasteiger charge is 2.04. The lowest BCUT2D eigenvalue weighted by molar-refractivity contribution is 0.0963. The van der Waals surface area contributed by atoms with Gasteiger partial charge in [0.2, 0.25) is 0 Å². The van der Waals surface area contributed by atoms with E-state index in [4.69, 9.17) is 0 Å². The molecule has 0 fully saturated rings. The third kappa shape index (κ3) is 5.58. The molecule has 0 unspecified atom stereocenters. The number of guanidine groups is 1. The molecule has 0 atom stereocenters. The van der Waals surface area contributed by atoms with Gasteiger partial charge < -0.3 is 16.0 Å². The fourth-order valence-electron chi connectivity index (χ4n) is 2.47. The predicted octanol–water partition coefficient (Wildman–Crippen LogP) is 2.75. The first-order valence-corrected chi connectivity index (χ1v) is 8.61. The fourth-order valence-corrected chi connectivity index (χ4v) is 2.47. The van der Waals surface area contributed by atoms with Crippen LogP contribution in [-0.2, 0) is 13.1 Å². The standard InChI is InChI=1S/C20H25FN4O/c1-4-23-20(25-13-16-8-9-18(21)14(2)10-16)24-12-15-6-5-7-17(11-15)19(26)22-3/h5-11H,4,12-13H2,1-3H3,(H,22,26)(H2,23,24,25). The predicted molar refractivity (Wildman–Crippen MR) is 103 cm³/mol. The van der Waals surface area contributed by atoms with Crippen LogP contribution in [0.25, 0.3) is 0 Å². The number of halogens is 1. The van der Waals surface area contributed by atoms with E-state index in [1.54, 1.807) is 26.1 Å². The first-order valence-electron chi connectivity index (χ1n) is 8.61. The second-order valence-electron chi connectivity index (χ2n) is 5.91. The Bertz CT molecular complexity index is 789. The highest BCUT2D eigenvalue weighted by atomic mass is 19.1. The van der Waals surface area contributed by atoms with Gasteiger partial charge in [-0.2, -0.15) is 0 Å². The summed E-state index contributed by atoms with van der Waals surface area (Å²) in [6.45, 7) is 5.46. The Morgan fingerprint density at radius 3 is 2.62 bits per heavy atom. The molecule has 0 aliphatic rings. The van der Waals surface area contributed by atoms with Gasteiger partial charge >= 0.3 is 0 Å². The van der Waals surface area contributed by atoms with Crippen molar-refractivity contribution in [3.8, 4) is 0 Å². The van der Waals surface area contributed by atoms with Gasteiger partial charge in [0.1, 0.15) is 5.82 Å². The summed E-state index contributed by atoms with van der Waals surface area (Å²) in [7, 11) is 1.61. The highest BCUT2D eigenvalue weighted by Crippen LogP contribution is 2.09. The third-order valence-electron chi connectivity index (χ3n) is 3.86. The van der Waals surface area contributed by atoms with E-state index in [0.29, 0.717) is 30.2 Å². The van der Waals surface area contributed by atoms with Crippen LogP contribution in [-0.4, -0.2) is 25.5 Å². The SMILES string of the molecule is CCNC(=NCc1cccc(C(=O)NC)c1)NCc1ccc(F)c(C)c1. The number of nitrogens with zero attached hydrogens (tertiary/aromatic N) is 1. The minimum Gasteiger partial charge on any atom is -0.357 e. The number of hydrogen-bond donors (Lipinski definition) is 3. The molecule has 0 radical (unpaired) electrons. The fraction of sp³-hybridized carbons (Fsp3) is 0.300. The zero-order valence-electron chi connectivity index (χ0n) is 15.4. The number of rotatable bonds is 6. The maximum atomic E-state index is 13.4. The van der Waals surface area contributed by atoms with E-state index in [0.717, 1.165) is 17.7 Å². The quantitative estimate of drug-likeness (QED) is 0.551. The maximum Gasteiger partial charge on any atom is 0.251 e. The average Bonchev–Trinajstić information content (AvgIpc) is 2.66.